The maximum atomic E-state index is 10.9. The number of aromatic hydroxyl groups is 1. The molecule has 1 aromatic carbocycles. The van der Waals surface area contributed by atoms with E-state index in [9.17, 15) is 5.11 Å². The smallest absolute Gasteiger partial charge is 0.230 e. The van der Waals surface area contributed by atoms with Crippen LogP contribution in [-0.4, -0.2) is 37.7 Å². The third-order valence-electron chi connectivity index (χ3n) is 5.18. The second-order valence-corrected chi connectivity index (χ2v) is 8.96. The molecule has 0 aliphatic carbocycles. The van der Waals surface area contributed by atoms with Crippen LogP contribution in [0.1, 0.15) is 49.0 Å². The molecular formula is C19H23BrN4OS. The first kappa shape index (κ1) is 17.9. The molecule has 0 unspecified atom stereocenters. The Hall–Kier alpha value is -1.44. The monoisotopic (exact) mass is 434 g/mol. The van der Waals surface area contributed by atoms with Crippen molar-refractivity contribution < 1.29 is 5.11 Å². The van der Waals surface area contributed by atoms with E-state index in [4.69, 9.17) is 0 Å². The zero-order valence-electron chi connectivity index (χ0n) is 15.0. The topological polar surface area (TPSA) is 53.7 Å². The van der Waals surface area contributed by atoms with Crippen molar-refractivity contribution in [3.05, 3.63) is 45.0 Å². The maximum Gasteiger partial charge on any atom is 0.230 e. The predicted octanol–water partition coefficient (Wildman–Crippen LogP) is 4.64. The van der Waals surface area contributed by atoms with E-state index in [-0.39, 0.29) is 11.9 Å². The van der Waals surface area contributed by atoms with E-state index in [0.29, 0.717) is 0 Å². The second kappa shape index (κ2) is 7.29. The van der Waals surface area contributed by atoms with Gasteiger partial charge in [-0.3, -0.25) is 4.90 Å². The Kier molecular flexibility index (Phi) is 5.03. The lowest BCUT2D eigenvalue weighted by Crippen LogP contribution is -2.36. The molecule has 0 bridgehead atoms. The third-order valence-corrected chi connectivity index (χ3v) is 6.78. The van der Waals surface area contributed by atoms with E-state index in [2.05, 4.69) is 62.1 Å². The van der Waals surface area contributed by atoms with Gasteiger partial charge in [-0.25, -0.2) is 4.98 Å². The molecule has 1 atom stereocenters. The Balaban J connectivity index is 1.78. The molecule has 1 fully saturated rings. The number of thiazole rings is 1. The zero-order chi connectivity index (χ0) is 18.3. The van der Waals surface area contributed by atoms with Crippen LogP contribution in [0.4, 0.5) is 0 Å². The highest BCUT2D eigenvalue weighted by Gasteiger charge is 2.31. The number of rotatable bonds is 4. The average molecular weight is 435 g/mol. The Morgan fingerprint density at radius 3 is 2.58 bits per heavy atom. The lowest BCUT2D eigenvalue weighted by molar-refractivity contribution is 0.157. The molecule has 1 aliphatic heterocycles. The van der Waals surface area contributed by atoms with Gasteiger partial charge in [0.15, 0.2) is 5.82 Å². The summed E-state index contributed by atoms with van der Waals surface area (Å²) in [5.41, 5.74) is 1.19. The highest BCUT2D eigenvalue weighted by molar-refractivity contribution is 9.10. The first-order valence-electron chi connectivity index (χ1n) is 9.13. The number of benzene rings is 1. The fourth-order valence-corrected chi connectivity index (χ4v) is 4.98. The van der Waals surface area contributed by atoms with Crippen molar-refractivity contribution in [2.24, 2.45) is 5.92 Å². The van der Waals surface area contributed by atoms with Gasteiger partial charge in [0.1, 0.15) is 0 Å². The van der Waals surface area contributed by atoms with Crippen LogP contribution in [-0.2, 0) is 6.42 Å². The van der Waals surface area contributed by atoms with Gasteiger partial charge in [-0.05, 0) is 49.5 Å². The number of nitrogens with zero attached hydrogens (tertiary/aromatic N) is 4. The van der Waals surface area contributed by atoms with Crippen molar-refractivity contribution in [2.45, 2.75) is 39.2 Å². The number of hydrogen-bond acceptors (Lipinski definition) is 5. The minimum atomic E-state index is 0.0363. The standard InChI is InChI=1S/C19H23BrN4OS/c1-3-15-21-19-24(22-15)18(25)17(26-19)16(13-4-6-14(20)7-5-13)23-10-8-12(2)9-11-23/h4-7,12,16,25H,3,8-11H2,1-2H3/t16-/m1/s1. The van der Waals surface area contributed by atoms with E-state index in [1.807, 2.05) is 6.92 Å². The van der Waals surface area contributed by atoms with Crippen molar-refractivity contribution >= 4 is 32.2 Å². The first-order valence-corrected chi connectivity index (χ1v) is 10.7. The SMILES string of the molecule is CCc1nc2sc([C@@H](c3ccc(Br)cc3)N3CCC(C)CC3)c(O)n2n1. The molecule has 0 amide bonds. The Morgan fingerprint density at radius 1 is 1.27 bits per heavy atom. The van der Waals surface area contributed by atoms with Gasteiger partial charge in [0.2, 0.25) is 10.8 Å². The molecule has 3 heterocycles. The summed E-state index contributed by atoms with van der Waals surface area (Å²) in [5.74, 6) is 1.76. The molecule has 7 heteroatoms. The lowest BCUT2D eigenvalue weighted by atomic mass is 9.95. The quantitative estimate of drug-likeness (QED) is 0.649. The number of halogens is 1. The van der Waals surface area contributed by atoms with Crippen LogP contribution in [0.25, 0.3) is 4.96 Å². The minimum absolute atomic E-state index is 0.0363. The van der Waals surface area contributed by atoms with E-state index in [1.54, 1.807) is 15.9 Å². The highest BCUT2D eigenvalue weighted by Crippen LogP contribution is 2.41. The molecular weight excluding hydrogens is 412 g/mol. The fraction of sp³-hybridized carbons (Fsp3) is 0.474. The maximum absolute atomic E-state index is 10.9. The molecule has 138 valence electrons. The molecule has 1 aliphatic rings. The van der Waals surface area contributed by atoms with Gasteiger partial charge in [-0.1, -0.05) is 53.2 Å². The number of hydrogen-bond donors (Lipinski definition) is 1. The molecule has 0 spiro atoms. The Morgan fingerprint density at radius 2 is 1.96 bits per heavy atom. The van der Waals surface area contributed by atoms with Gasteiger partial charge >= 0.3 is 0 Å². The van der Waals surface area contributed by atoms with Crippen LogP contribution in [0, 0.1) is 5.92 Å². The van der Waals surface area contributed by atoms with Crippen molar-refractivity contribution in [3.8, 4) is 5.88 Å². The molecule has 0 saturated carbocycles. The summed E-state index contributed by atoms with van der Waals surface area (Å²) in [4.78, 5) is 8.72. The Bertz CT molecular complexity index is 896. The molecule has 1 N–H and O–H groups in total. The zero-order valence-corrected chi connectivity index (χ0v) is 17.4. The van der Waals surface area contributed by atoms with Gasteiger partial charge in [0.25, 0.3) is 0 Å². The predicted molar refractivity (Wildman–Crippen MR) is 108 cm³/mol. The van der Waals surface area contributed by atoms with Crippen molar-refractivity contribution in [1.82, 2.24) is 19.5 Å². The van der Waals surface area contributed by atoms with Gasteiger partial charge in [-0.2, -0.15) is 4.52 Å². The molecule has 4 rings (SSSR count). The summed E-state index contributed by atoms with van der Waals surface area (Å²) in [6.45, 7) is 6.42. The third kappa shape index (κ3) is 3.28. The number of fused-ring (bicyclic) bond motifs is 1. The number of aromatic nitrogens is 3. The number of likely N-dealkylation sites (tertiary alicyclic amines) is 1. The summed E-state index contributed by atoms with van der Waals surface area (Å²) >= 11 is 5.07. The normalized spacial score (nSPS) is 17.8. The minimum Gasteiger partial charge on any atom is -0.492 e. The molecule has 26 heavy (non-hydrogen) atoms. The molecule has 3 aromatic rings. The van der Waals surface area contributed by atoms with Crippen LogP contribution in [0.2, 0.25) is 0 Å². The van der Waals surface area contributed by atoms with E-state index in [0.717, 1.165) is 45.6 Å². The number of aryl methyl sites for hydroxylation is 1. The lowest BCUT2D eigenvalue weighted by Gasteiger charge is -2.36. The molecule has 2 aromatic heterocycles. The van der Waals surface area contributed by atoms with Gasteiger partial charge in [-0.15, -0.1) is 5.10 Å². The molecule has 1 saturated heterocycles. The Labute approximate surface area is 165 Å². The van der Waals surface area contributed by atoms with Crippen LogP contribution >= 0.6 is 27.3 Å². The summed E-state index contributed by atoms with van der Waals surface area (Å²) in [6.07, 6.45) is 3.15. The average Bonchev–Trinajstić information content (AvgIpc) is 3.18. The summed E-state index contributed by atoms with van der Waals surface area (Å²) in [6, 6.07) is 8.45. The number of piperidine rings is 1. The van der Waals surface area contributed by atoms with E-state index < -0.39 is 0 Å². The van der Waals surface area contributed by atoms with Crippen molar-refractivity contribution in [1.29, 1.82) is 0 Å². The van der Waals surface area contributed by atoms with Gasteiger partial charge in [0.05, 0.1) is 10.9 Å². The van der Waals surface area contributed by atoms with Crippen molar-refractivity contribution in [3.63, 3.8) is 0 Å². The first-order chi connectivity index (χ1) is 12.6. The summed E-state index contributed by atoms with van der Waals surface area (Å²) in [5, 5.41) is 15.3. The van der Waals surface area contributed by atoms with Crippen LogP contribution in [0.5, 0.6) is 5.88 Å². The van der Waals surface area contributed by atoms with Crippen LogP contribution < -0.4 is 0 Å². The van der Waals surface area contributed by atoms with Gasteiger partial charge < -0.3 is 5.11 Å². The highest BCUT2D eigenvalue weighted by atomic mass is 79.9. The van der Waals surface area contributed by atoms with Crippen LogP contribution in [0.15, 0.2) is 28.7 Å². The van der Waals surface area contributed by atoms with Crippen molar-refractivity contribution in [2.75, 3.05) is 13.1 Å². The summed E-state index contributed by atoms with van der Waals surface area (Å²) in [7, 11) is 0. The largest absolute Gasteiger partial charge is 0.492 e. The fourth-order valence-electron chi connectivity index (χ4n) is 3.58. The van der Waals surface area contributed by atoms with Gasteiger partial charge in [0, 0.05) is 10.9 Å². The van der Waals surface area contributed by atoms with Crippen LogP contribution in [0.3, 0.4) is 0 Å². The van der Waals surface area contributed by atoms with E-state index in [1.165, 1.54) is 18.4 Å². The molecule has 5 nitrogen and oxygen atoms in total. The second-order valence-electron chi connectivity index (χ2n) is 7.04. The van der Waals surface area contributed by atoms with E-state index >= 15 is 0 Å². The summed E-state index contributed by atoms with van der Waals surface area (Å²) < 4.78 is 2.66. The molecule has 0 radical (unpaired) electrons.